The van der Waals surface area contributed by atoms with Gasteiger partial charge in [0.1, 0.15) is 0 Å². The maximum atomic E-state index is 9.51. The van der Waals surface area contributed by atoms with Gasteiger partial charge in [0.2, 0.25) is 0 Å². The summed E-state index contributed by atoms with van der Waals surface area (Å²) in [5.74, 6) is 0.679. The van der Waals surface area contributed by atoms with Crippen LogP contribution in [0, 0.1) is 5.92 Å². The summed E-state index contributed by atoms with van der Waals surface area (Å²) in [5, 5.41) is 9.51. The van der Waals surface area contributed by atoms with Crippen LogP contribution in [-0.4, -0.2) is 55.5 Å². The SMILES string of the molecule is CCC(CC)CN(CC)C(CO)C(N)COC. The molecule has 0 aromatic carbocycles. The van der Waals surface area contributed by atoms with E-state index in [9.17, 15) is 5.11 Å². The lowest BCUT2D eigenvalue weighted by Crippen LogP contribution is -2.53. The van der Waals surface area contributed by atoms with Gasteiger partial charge in [0.15, 0.2) is 0 Å². The zero-order chi connectivity index (χ0) is 13.3. The molecule has 0 aliphatic rings. The lowest BCUT2D eigenvalue weighted by Gasteiger charge is -2.35. The molecule has 0 bridgehead atoms. The fourth-order valence-electron chi connectivity index (χ4n) is 2.20. The van der Waals surface area contributed by atoms with Crippen LogP contribution in [0.3, 0.4) is 0 Å². The summed E-state index contributed by atoms with van der Waals surface area (Å²) in [6.07, 6.45) is 2.34. The highest BCUT2D eigenvalue weighted by molar-refractivity contribution is 4.82. The second-order valence-corrected chi connectivity index (χ2v) is 4.64. The minimum atomic E-state index is -0.126. The molecule has 0 radical (unpaired) electrons. The van der Waals surface area contributed by atoms with Crippen LogP contribution in [0.1, 0.15) is 33.6 Å². The Bertz CT molecular complexity index is 175. The number of hydrogen-bond acceptors (Lipinski definition) is 4. The summed E-state index contributed by atoms with van der Waals surface area (Å²) in [5.41, 5.74) is 6.05. The number of ether oxygens (including phenoxy) is 1. The van der Waals surface area contributed by atoms with Crippen LogP contribution in [-0.2, 0) is 4.74 Å². The molecule has 0 aliphatic carbocycles. The van der Waals surface area contributed by atoms with E-state index in [1.807, 2.05) is 0 Å². The van der Waals surface area contributed by atoms with Crippen LogP contribution in [0.5, 0.6) is 0 Å². The van der Waals surface area contributed by atoms with Crippen molar-refractivity contribution >= 4 is 0 Å². The van der Waals surface area contributed by atoms with Gasteiger partial charge < -0.3 is 15.6 Å². The fourth-order valence-corrected chi connectivity index (χ4v) is 2.20. The van der Waals surface area contributed by atoms with Gasteiger partial charge in [-0.2, -0.15) is 0 Å². The predicted octanol–water partition coefficient (Wildman–Crippen LogP) is 1.08. The van der Waals surface area contributed by atoms with E-state index in [2.05, 4.69) is 25.7 Å². The topological polar surface area (TPSA) is 58.7 Å². The number of nitrogens with two attached hydrogens (primary N) is 1. The standard InChI is InChI=1S/C13H30N2O2/c1-5-11(6-2)8-15(7-3)13(9-16)12(14)10-17-4/h11-13,16H,5-10,14H2,1-4H3. The first-order chi connectivity index (χ1) is 8.14. The highest BCUT2D eigenvalue weighted by Crippen LogP contribution is 2.13. The fraction of sp³-hybridized carbons (Fsp3) is 1.00. The van der Waals surface area contributed by atoms with Gasteiger partial charge in [-0.05, 0) is 12.5 Å². The lowest BCUT2D eigenvalue weighted by molar-refractivity contribution is 0.0629. The number of aliphatic hydroxyl groups is 1. The van der Waals surface area contributed by atoms with Gasteiger partial charge in [0, 0.05) is 19.7 Å². The molecule has 0 heterocycles. The van der Waals surface area contributed by atoms with E-state index in [0.717, 1.165) is 13.1 Å². The molecular formula is C13H30N2O2. The smallest absolute Gasteiger partial charge is 0.0629 e. The van der Waals surface area contributed by atoms with Crippen LogP contribution in [0.15, 0.2) is 0 Å². The molecule has 104 valence electrons. The second-order valence-electron chi connectivity index (χ2n) is 4.64. The molecule has 3 N–H and O–H groups in total. The molecule has 0 aromatic rings. The molecule has 0 saturated heterocycles. The molecule has 0 spiro atoms. The average molecular weight is 246 g/mol. The van der Waals surface area contributed by atoms with Gasteiger partial charge in [0.25, 0.3) is 0 Å². The number of rotatable bonds is 10. The summed E-state index contributed by atoms with van der Waals surface area (Å²) >= 11 is 0. The van der Waals surface area contributed by atoms with Crippen LogP contribution in [0.4, 0.5) is 0 Å². The van der Waals surface area contributed by atoms with Crippen molar-refractivity contribution in [3.05, 3.63) is 0 Å². The highest BCUT2D eigenvalue weighted by Gasteiger charge is 2.24. The third-order valence-corrected chi connectivity index (χ3v) is 3.56. The minimum absolute atomic E-state index is 0.000509. The molecule has 17 heavy (non-hydrogen) atoms. The molecule has 4 nitrogen and oxygen atoms in total. The van der Waals surface area contributed by atoms with Crippen molar-refractivity contribution in [2.45, 2.75) is 45.7 Å². The molecule has 0 fully saturated rings. The van der Waals surface area contributed by atoms with Gasteiger partial charge in [-0.1, -0.05) is 33.6 Å². The number of hydrogen-bond donors (Lipinski definition) is 2. The summed E-state index contributed by atoms with van der Waals surface area (Å²) < 4.78 is 5.08. The van der Waals surface area contributed by atoms with Crippen molar-refractivity contribution in [3.63, 3.8) is 0 Å². The van der Waals surface area contributed by atoms with Crippen molar-refractivity contribution < 1.29 is 9.84 Å². The first-order valence-corrected chi connectivity index (χ1v) is 6.73. The van der Waals surface area contributed by atoms with Gasteiger partial charge >= 0.3 is 0 Å². The van der Waals surface area contributed by atoms with Crippen molar-refractivity contribution in [2.24, 2.45) is 11.7 Å². The van der Waals surface area contributed by atoms with Gasteiger partial charge in [-0.25, -0.2) is 0 Å². The molecule has 0 amide bonds. The third kappa shape index (κ3) is 5.82. The molecule has 2 unspecified atom stereocenters. The third-order valence-electron chi connectivity index (χ3n) is 3.56. The summed E-state index contributed by atoms with van der Waals surface area (Å²) in [6, 6.07) is -0.125. The Kier molecular flexibility index (Phi) is 9.74. The van der Waals surface area contributed by atoms with Crippen molar-refractivity contribution in [3.8, 4) is 0 Å². The summed E-state index contributed by atoms with van der Waals surface area (Å²) in [7, 11) is 1.64. The minimum Gasteiger partial charge on any atom is -0.395 e. The lowest BCUT2D eigenvalue weighted by atomic mass is 10.0. The Morgan fingerprint density at radius 3 is 2.18 bits per heavy atom. The maximum absolute atomic E-state index is 9.51. The number of likely N-dealkylation sites (N-methyl/N-ethyl adjacent to an activating group) is 1. The zero-order valence-corrected chi connectivity index (χ0v) is 11.9. The number of nitrogens with zero attached hydrogens (tertiary/aromatic N) is 1. The van der Waals surface area contributed by atoms with E-state index in [0.29, 0.717) is 12.5 Å². The van der Waals surface area contributed by atoms with Crippen molar-refractivity contribution in [1.29, 1.82) is 0 Å². The van der Waals surface area contributed by atoms with Crippen LogP contribution in [0.25, 0.3) is 0 Å². The van der Waals surface area contributed by atoms with E-state index in [4.69, 9.17) is 10.5 Å². The second kappa shape index (κ2) is 9.83. The van der Waals surface area contributed by atoms with Crippen LogP contribution >= 0.6 is 0 Å². The van der Waals surface area contributed by atoms with Crippen LogP contribution in [0.2, 0.25) is 0 Å². The van der Waals surface area contributed by atoms with E-state index in [-0.39, 0.29) is 18.7 Å². The van der Waals surface area contributed by atoms with Crippen LogP contribution < -0.4 is 5.73 Å². The molecule has 4 heteroatoms. The normalized spacial score (nSPS) is 15.5. The largest absolute Gasteiger partial charge is 0.395 e. The summed E-state index contributed by atoms with van der Waals surface area (Å²) in [4.78, 5) is 2.28. The number of aliphatic hydroxyl groups excluding tert-OH is 1. The van der Waals surface area contributed by atoms with E-state index in [1.54, 1.807) is 7.11 Å². The Morgan fingerprint density at radius 1 is 1.24 bits per heavy atom. The maximum Gasteiger partial charge on any atom is 0.0629 e. The molecule has 0 aliphatic heterocycles. The monoisotopic (exact) mass is 246 g/mol. The van der Waals surface area contributed by atoms with E-state index >= 15 is 0 Å². The molecule has 0 rings (SSSR count). The number of methoxy groups -OCH3 is 1. The molecular weight excluding hydrogens is 216 g/mol. The first kappa shape index (κ1) is 16.8. The molecule has 2 atom stereocenters. The van der Waals surface area contributed by atoms with Gasteiger partial charge in [0.05, 0.1) is 19.3 Å². The van der Waals surface area contributed by atoms with Gasteiger partial charge in [-0.15, -0.1) is 0 Å². The average Bonchev–Trinajstić information content (AvgIpc) is 2.34. The highest BCUT2D eigenvalue weighted by atomic mass is 16.5. The van der Waals surface area contributed by atoms with Crippen molar-refractivity contribution in [2.75, 3.05) is 33.4 Å². The molecule has 0 saturated carbocycles. The summed E-state index contributed by atoms with van der Waals surface area (Å²) in [6.45, 7) is 9.05. The Morgan fingerprint density at radius 2 is 1.82 bits per heavy atom. The van der Waals surface area contributed by atoms with Crippen molar-refractivity contribution in [1.82, 2.24) is 4.90 Å². The zero-order valence-electron chi connectivity index (χ0n) is 11.9. The Labute approximate surface area is 106 Å². The van der Waals surface area contributed by atoms with Gasteiger partial charge in [-0.3, -0.25) is 4.90 Å². The Hall–Kier alpha value is -0.160. The quantitative estimate of drug-likeness (QED) is 0.605. The van der Waals surface area contributed by atoms with E-state index in [1.165, 1.54) is 12.8 Å². The van der Waals surface area contributed by atoms with E-state index < -0.39 is 0 Å². The molecule has 0 aromatic heterocycles. The Balaban J connectivity index is 4.46. The first-order valence-electron chi connectivity index (χ1n) is 6.73. The predicted molar refractivity (Wildman–Crippen MR) is 72.0 cm³/mol.